The van der Waals surface area contributed by atoms with Gasteiger partial charge in [-0.25, -0.2) is 0 Å². The van der Waals surface area contributed by atoms with E-state index in [0.29, 0.717) is 18.3 Å². The van der Waals surface area contributed by atoms with Crippen molar-refractivity contribution >= 4 is 11.6 Å². The first-order chi connectivity index (χ1) is 7.72. The summed E-state index contributed by atoms with van der Waals surface area (Å²) in [5, 5.41) is 4.03. The van der Waals surface area contributed by atoms with E-state index in [0.717, 1.165) is 12.5 Å². The van der Waals surface area contributed by atoms with Gasteiger partial charge in [-0.3, -0.25) is 9.48 Å². The second-order valence-corrected chi connectivity index (χ2v) is 4.85. The number of nitrogens with zero attached hydrogens (tertiary/aromatic N) is 3. The van der Waals surface area contributed by atoms with Crippen molar-refractivity contribution < 1.29 is 4.79 Å². The molecule has 2 N–H and O–H groups in total. The van der Waals surface area contributed by atoms with Gasteiger partial charge in [0.05, 0.1) is 11.9 Å². The zero-order chi connectivity index (χ0) is 11.1. The van der Waals surface area contributed by atoms with Gasteiger partial charge in [0.1, 0.15) is 6.54 Å². The second-order valence-electron chi connectivity index (χ2n) is 4.85. The number of nitrogens with two attached hydrogens (primary N) is 1. The highest BCUT2D eigenvalue weighted by atomic mass is 16.2. The van der Waals surface area contributed by atoms with Gasteiger partial charge < -0.3 is 10.6 Å². The number of likely N-dealkylation sites (tertiary alicyclic amines) is 1. The average Bonchev–Trinajstić information content (AvgIpc) is 2.93. The number of piperidine rings is 1. The predicted octanol–water partition coefficient (Wildman–Crippen LogP) is 0.476. The number of anilines is 1. The molecule has 2 fully saturated rings. The molecule has 0 radical (unpaired) electrons. The number of nitrogen functional groups attached to an aromatic ring is 1. The van der Waals surface area contributed by atoms with Gasteiger partial charge in [-0.15, -0.1) is 0 Å². The molecule has 1 amide bonds. The summed E-state index contributed by atoms with van der Waals surface area (Å²) in [4.78, 5) is 14.1. The van der Waals surface area contributed by atoms with E-state index in [2.05, 4.69) is 5.10 Å². The van der Waals surface area contributed by atoms with E-state index in [9.17, 15) is 4.79 Å². The lowest BCUT2D eigenvalue weighted by molar-refractivity contribution is -0.133. The standard InChI is InChI=1S/C11H16N4O/c12-9-4-13-14(6-9)7-11(16)15-5-8-1-2-10(15)3-8/h4,6,8,10H,1-3,5,7,12H2. The third-order valence-corrected chi connectivity index (χ3v) is 3.68. The highest BCUT2D eigenvalue weighted by molar-refractivity contribution is 5.76. The van der Waals surface area contributed by atoms with Crippen LogP contribution in [0.1, 0.15) is 19.3 Å². The molecule has 2 heterocycles. The highest BCUT2D eigenvalue weighted by Crippen LogP contribution is 2.37. The van der Waals surface area contributed by atoms with E-state index in [4.69, 9.17) is 5.73 Å². The van der Waals surface area contributed by atoms with Crippen molar-refractivity contribution in [1.29, 1.82) is 0 Å². The maximum Gasteiger partial charge on any atom is 0.244 e. The zero-order valence-corrected chi connectivity index (χ0v) is 9.17. The molecule has 1 saturated heterocycles. The van der Waals surface area contributed by atoms with Crippen LogP contribution in [-0.2, 0) is 11.3 Å². The summed E-state index contributed by atoms with van der Waals surface area (Å²) in [6.45, 7) is 1.26. The van der Waals surface area contributed by atoms with Crippen LogP contribution in [0.25, 0.3) is 0 Å². The van der Waals surface area contributed by atoms with Crippen molar-refractivity contribution in [3.8, 4) is 0 Å². The average molecular weight is 220 g/mol. The Morgan fingerprint density at radius 1 is 1.56 bits per heavy atom. The van der Waals surface area contributed by atoms with Crippen LogP contribution >= 0.6 is 0 Å². The quantitative estimate of drug-likeness (QED) is 0.788. The number of carbonyl (C=O) groups excluding carboxylic acids is 1. The smallest absolute Gasteiger partial charge is 0.244 e. The molecule has 2 bridgehead atoms. The number of aromatic nitrogens is 2. The lowest BCUT2D eigenvalue weighted by Gasteiger charge is -2.26. The van der Waals surface area contributed by atoms with Crippen molar-refractivity contribution in [2.24, 2.45) is 5.92 Å². The third kappa shape index (κ3) is 1.56. The molecule has 1 aromatic rings. The van der Waals surface area contributed by atoms with Gasteiger partial charge in [0.15, 0.2) is 0 Å². The molecule has 2 atom stereocenters. The van der Waals surface area contributed by atoms with Crippen LogP contribution in [-0.4, -0.2) is 33.2 Å². The van der Waals surface area contributed by atoms with Gasteiger partial charge in [0.2, 0.25) is 5.91 Å². The van der Waals surface area contributed by atoms with E-state index >= 15 is 0 Å². The topological polar surface area (TPSA) is 64.1 Å². The van der Waals surface area contributed by atoms with E-state index in [-0.39, 0.29) is 5.91 Å². The highest BCUT2D eigenvalue weighted by Gasteiger charge is 2.39. The number of rotatable bonds is 2. The largest absolute Gasteiger partial charge is 0.396 e. The van der Waals surface area contributed by atoms with E-state index in [1.807, 2.05) is 4.90 Å². The Balaban J connectivity index is 1.65. The molecule has 86 valence electrons. The lowest BCUT2D eigenvalue weighted by Crippen LogP contribution is -2.39. The Hall–Kier alpha value is -1.52. The first kappa shape index (κ1) is 9.69. The lowest BCUT2D eigenvalue weighted by atomic mass is 10.1. The summed E-state index contributed by atoms with van der Waals surface area (Å²) >= 11 is 0. The summed E-state index contributed by atoms with van der Waals surface area (Å²) in [7, 11) is 0. The maximum atomic E-state index is 12.0. The summed E-state index contributed by atoms with van der Waals surface area (Å²) in [6, 6.07) is 0.491. The predicted molar refractivity (Wildman–Crippen MR) is 59.5 cm³/mol. The molecule has 2 aliphatic rings. The monoisotopic (exact) mass is 220 g/mol. The minimum absolute atomic E-state index is 0.176. The van der Waals surface area contributed by atoms with Crippen molar-refractivity contribution in [2.75, 3.05) is 12.3 Å². The number of carbonyl (C=O) groups is 1. The molecule has 16 heavy (non-hydrogen) atoms. The Morgan fingerprint density at radius 2 is 2.44 bits per heavy atom. The van der Waals surface area contributed by atoms with Gasteiger partial charge in [0.25, 0.3) is 0 Å². The second kappa shape index (κ2) is 3.50. The molecule has 1 aliphatic carbocycles. The fraction of sp³-hybridized carbons (Fsp3) is 0.636. The molecule has 0 aromatic carbocycles. The summed E-state index contributed by atoms with van der Waals surface area (Å²) < 4.78 is 1.61. The van der Waals surface area contributed by atoms with E-state index in [1.54, 1.807) is 17.1 Å². The maximum absolute atomic E-state index is 12.0. The Bertz CT molecular complexity index is 414. The van der Waals surface area contributed by atoms with E-state index < -0.39 is 0 Å². The van der Waals surface area contributed by atoms with Crippen LogP contribution in [0.2, 0.25) is 0 Å². The number of amides is 1. The molecule has 5 nitrogen and oxygen atoms in total. The number of hydrogen-bond donors (Lipinski definition) is 1. The van der Waals surface area contributed by atoms with Crippen molar-refractivity contribution in [2.45, 2.75) is 31.8 Å². The normalized spacial score (nSPS) is 27.6. The van der Waals surface area contributed by atoms with Gasteiger partial charge in [-0.1, -0.05) is 0 Å². The van der Waals surface area contributed by atoms with Gasteiger partial charge in [-0.05, 0) is 25.2 Å². The zero-order valence-electron chi connectivity index (χ0n) is 9.17. The molecule has 0 spiro atoms. The molecule has 3 rings (SSSR count). The fourth-order valence-corrected chi connectivity index (χ4v) is 2.93. The first-order valence-electron chi connectivity index (χ1n) is 5.80. The Labute approximate surface area is 94.2 Å². The molecule has 1 aliphatic heterocycles. The SMILES string of the molecule is Nc1cnn(CC(=O)N2CC3CCC2C3)c1. The number of hydrogen-bond acceptors (Lipinski definition) is 3. The van der Waals surface area contributed by atoms with Gasteiger partial charge in [0, 0.05) is 18.8 Å². The van der Waals surface area contributed by atoms with Gasteiger partial charge in [-0.2, -0.15) is 5.10 Å². The summed E-state index contributed by atoms with van der Waals surface area (Å²) in [5.74, 6) is 0.923. The van der Waals surface area contributed by atoms with Crippen LogP contribution in [0.5, 0.6) is 0 Å². The summed E-state index contributed by atoms with van der Waals surface area (Å²) in [6.07, 6.45) is 6.95. The Kier molecular flexibility index (Phi) is 2.12. The molecule has 5 heteroatoms. The van der Waals surface area contributed by atoms with Crippen molar-refractivity contribution in [3.63, 3.8) is 0 Å². The molecule has 1 saturated carbocycles. The number of fused-ring (bicyclic) bond motifs is 2. The first-order valence-corrected chi connectivity index (χ1v) is 5.80. The minimum Gasteiger partial charge on any atom is -0.396 e. The van der Waals surface area contributed by atoms with Crippen LogP contribution in [0, 0.1) is 5.92 Å². The van der Waals surface area contributed by atoms with Crippen molar-refractivity contribution in [1.82, 2.24) is 14.7 Å². The molecule has 1 aromatic heterocycles. The van der Waals surface area contributed by atoms with Crippen LogP contribution < -0.4 is 5.73 Å². The van der Waals surface area contributed by atoms with Gasteiger partial charge >= 0.3 is 0 Å². The minimum atomic E-state index is 0.176. The molecular weight excluding hydrogens is 204 g/mol. The summed E-state index contributed by atoms with van der Waals surface area (Å²) in [5.41, 5.74) is 6.17. The Morgan fingerprint density at radius 3 is 3.00 bits per heavy atom. The molecular formula is C11H16N4O. The van der Waals surface area contributed by atoms with Crippen molar-refractivity contribution in [3.05, 3.63) is 12.4 Å². The van der Waals surface area contributed by atoms with Crippen LogP contribution in [0.4, 0.5) is 5.69 Å². The third-order valence-electron chi connectivity index (χ3n) is 3.68. The van der Waals surface area contributed by atoms with E-state index in [1.165, 1.54) is 19.3 Å². The molecule has 2 unspecified atom stereocenters. The fourth-order valence-electron chi connectivity index (χ4n) is 2.93. The van der Waals surface area contributed by atoms with Crippen LogP contribution in [0.3, 0.4) is 0 Å². The van der Waals surface area contributed by atoms with Crippen LogP contribution in [0.15, 0.2) is 12.4 Å².